The van der Waals surface area contributed by atoms with Crippen molar-refractivity contribution < 1.29 is 14.3 Å². The Hall–Kier alpha value is -1.53. The van der Waals surface area contributed by atoms with Gasteiger partial charge < -0.3 is 4.74 Å². The van der Waals surface area contributed by atoms with Gasteiger partial charge in [0.1, 0.15) is 6.61 Å². The fourth-order valence-corrected chi connectivity index (χ4v) is 2.60. The molecule has 5 nitrogen and oxygen atoms in total. The van der Waals surface area contributed by atoms with E-state index >= 15 is 0 Å². The summed E-state index contributed by atoms with van der Waals surface area (Å²) in [7, 11) is 1.74. The summed E-state index contributed by atoms with van der Waals surface area (Å²) in [6, 6.07) is 9.58. The number of nitrogens with zero attached hydrogens (tertiary/aromatic N) is 2. The molecule has 1 aromatic carbocycles. The molecule has 108 valence electrons. The van der Waals surface area contributed by atoms with Crippen LogP contribution in [-0.4, -0.2) is 47.2 Å². The summed E-state index contributed by atoms with van der Waals surface area (Å²) in [4.78, 5) is 23.9. The zero-order chi connectivity index (χ0) is 14.5. The first-order chi connectivity index (χ1) is 9.65. The van der Waals surface area contributed by atoms with Gasteiger partial charge in [-0.15, -0.1) is 0 Å². The summed E-state index contributed by atoms with van der Waals surface area (Å²) in [6.07, 6.45) is -0.596. The van der Waals surface area contributed by atoms with E-state index in [0.29, 0.717) is 0 Å². The van der Waals surface area contributed by atoms with Crippen LogP contribution in [0.1, 0.15) is 18.5 Å². The SMILES string of the molecule is CCSCC(=O)N1C(=O)OC[C@@H](c2ccccc2)N1C. The van der Waals surface area contributed by atoms with Gasteiger partial charge in [-0.3, -0.25) is 4.79 Å². The Labute approximate surface area is 122 Å². The molecule has 20 heavy (non-hydrogen) atoms. The van der Waals surface area contributed by atoms with Gasteiger partial charge in [0.05, 0.1) is 11.8 Å². The first-order valence-corrected chi connectivity index (χ1v) is 7.65. The van der Waals surface area contributed by atoms with E-state index in [-0.39, 0.29) is 24.3 Å². The molecule has 0 spiro atoms. The smallest absolute Gasteiger partial charge is 0.431 e. The second kappa shape index (κ2) is 6.76. The molecule has 1 aliphatic rings. The van der Waals surface area contributed by atoms with Crippen LogP contribution in [0.25, 0.3) is 0 Å². The van der Waals surface area contributed by atoms with Gasteiger partial charge in [0, 0.05) is 7.05 Å². The van der Waals surface area contributed by atoms with Crippen molar-refractivity contribution in [2.75, 3.05) is 25.2 Å². The van der Waals surface area contributed by atoms with Crippen molar-refractivity contribution in [3.63, 3.8) is 0 Å². The highest BCUT2D eigenvalue weighted by Gasteiger charge is 2.37. The highest BCUT2D eigenvalue weighted by atomic mass is 32.2. The molecule has 0 radical (unpaired) electrons. The number of thioether (sulfide) groups is 1. The molecule has 1 atom stereocenters. The third kappa shape index (κ3) is 3.13. The summed E-state index contributed by atoms with van der Waals surface area (Å²) in [5, 5.41) is 2.77. The zero-order valence-electron chi connectivity index (χ0n) is 11.6. The Bertz CT molecular complexity index is 481. The van der Waals surface area contributed by atoms with Crippen LogP contribution in [0.3, 0.4) is 0 Å². The van der Waals surface area contributed by atoms with Crippen LogP contribution in [0.5, 0.6) is 0 Å². The van der Waals surface area contributed by atoms with Gasteiger partial charge in [0.15, 0.2) is 0 Å². The minimum atomic E-state index is -0.596. The second-order valence-electron chi connectivity index (χ2n) is 4.42. The van der Waals surface area contributed by atoms with Crippen molar-refractivity contribution >= 4 is 23.8 Å². The third-order valence-electron chi connectivity index (χ3n) is 3.15. The lowest BCUT2D eigenvalue weighted by Gasteiger charge is -2.39. The molecule has 0 unspecified atom stereocenters. The van der Waals surface area contributed by atoms with Gasteiger partial charge in [-0.25, -0.2) is 9.80 Å². The molecular formula is C14H18N2O3S. The van der Waals surface area contributed by atoms with E-state index in [1.807, 2.05) is 37.3 Å². The lowest BCUT2D eigenvalue weighted by molar-refractivity contribution is -0.152. The number of hydrogen-bond donors (Lipinski definition) is 0. The van der Waals surface area contributed by atoms with Gasteiger partial charge in [0.2, 0.25) is 0 Å². The van der Waals surface area contributed by atoms with Crippen LogP contribution in [-0.2, 0) is 9.53 Å². The summed E-state index contributed by atoms with van der Waals surface area (Å²) < 4.78 is 5.14. The molecule has 1 aromatic rings. The normalized spacial score (nSPS) is 19.8. The first kappa shape index (κ1) is 14.9. The molecule has 1 saturated heterocycles. The number of carbonyl (C=O) groups is 2. The van der Waals surface area contributed by atoms with Crippen LogP contribution >= 0.6 is 11.8 Å². The molecule has 0 aromatic heterocycles. The molecule has 1 fully saturated rings. The number of carbonyl (C=O) groups excluding carboxylic acids is 2. The molecule has 0 aliphatic carbocycles. The summed E-state index contributed by atoms with van der Waals surface area (Å²) >= 11 is 1.49. The maximum atomic E-state index is 12.1. The Kier molecular flexibility index (Phi) is 5.03. The second-order valence-corrected chi connectivity index (χ2v) is 5.69. The van der Waals surface area contributed by atoms with Gasteiger partial charge in [-0.2, -0.15) is 16.8 Å². The highest BCUT2D eigenvalue weighted by molar-refractivity contribution is 7.99. The fourth-order valence-electron chi connectivity index (χ4n) is 2.10. The van der Waals surface area contributed by atoms with Crippen molar-refractivity contribution in [2.24, 2.45) is 0 Å². The standard InChI is InChI=1S/C14H18N2O3S/c1-3-20-10-13(17)16-14(18)19-9-12(15(16)2)11-7-5-4-6-8-11/h4-8,12H,3,9-10H2,1-2H3/t12-/m0/s1. The lowest BCUT2D eigenvalue weighted by atomic mass is 10.1. The van der Waals surface area contributed by atoms with Gasteiger partial charge in [-0.05, 0) is 11.3 Å². The Morgan fingerprint density at radius 1 is 1.40 bits per heavy atom. The van der Waals surface area contributed by atoms with Gasteiger partial charge in [0.25, 0.3) is 5.91 Å². The van der Waals surface area contributed by atoms with E-state index in [0.717, 1.165) is 16.3 Å². The maximum absolute atomic E-state index is 12.1. The van der Waals surface area contributed by atoms with Crippen LogP contribution in [0.4, 0.5) is 4.79 Å². The molecule has 0 saturated carbocycles. The molecule has 0 bridgehead atoms. The van der Waals surface area contributed by atoms with E-state index in [2.05, 4.69) is 0 Å². The molecular weight excluding hydrogens is 276 g/mol. The van der Waals surface area contributed by atoms with Crippen molar-refractivity contribution in [1.82, 2.24) is 10.0 Å². The van der Waals surface area contributed by atoms with Gasteiger partial charge in [-0.1, -0.05) is 37.3 Å². The predicted molar refractivity (Wildman–Crippen MR) is 78.1 cm³/mol. The zero-order valence-corrected chi connectivity index (χ0v) is 12.4. The summed E-state index contributed by atoms with van der Waals surface area (Å²) in [5.74, 6) is 0.864. The van der Waals surface area contributed by atoms with Crippen LogP contribution in [0, 0.1) is 0 Å². The average molecular weight is 294 g/mol. The van der Waals surface area contributed by atoms with E-state index < -0.39 is 6.09 Å². The number of benzene rings is 1. The minimum Gasteiger partial charge on any atom is -0.446 e. The van der Waals surface area contributed by atoms with Crippen LogP contribution in [0.15, 0.2) is 30.3 Å². The molecule has 2 rings (SSSR count). The third-order valence-corrected chi connectivity index (χ3v) is 4.01. The quantitative estimate of drug-likeness (QED) is 0.853. The maximum Gasteiger partial charge on any atom is 0.431 e. The monoisotopic (exact) mass is 294 g/mol. The van der Waals surface area contributed by atoms with Crippen molar-refractivity contribution in [1.29, 1.82) is 0 Å². The highest BCUT2D eigenvalue weighted by Crippen LogP contribution is 2.26. The van der Waals surface area contributed by atoms with Crippen molar-refractivity contribution in [3.05, 3.63) is 35.9 Å². The van der Waals surface area contributed by atoms with Crippen LogP contribution in [0.2, 0.25) is 0 Å². The number of imide groups is 1. The number of hydrazine groups is 1. The fraction of sp³-hybridized carbons (Fsp3) is 0.429. The summed E-state index contributed by atoms with van der Waals surface area (Å²) in [6.45, 7) is 2.23. The molecule has 1 heterocycles. The molecule has 2 amide bonds. The molecule has 1 aliphatic heterocycles. The average Bonchev–Trinajstić information content (AvgIpc) is 2.46. The number of ether oxygens (including phenoxy) is 1. The number of likely N-dealkylation sites (N-methyl/N-ethyl adjacent to an activating group) is 1. The summed E-state index contributed by atoms with van der Waals surface area (Å²) in [5.41, 5.74) is 1.02. The number of amides is 2. The van der Waals surface area contributed by atoms with E-state index in [1.165, 1.54) is 11.8 Å². The molecule has 0 N–H and O–H groups in total. The largest absolute Gasteiger partial charge is 0.446 e. The van der Waals surface area contributed by atoms with Crippen molar-refractivity contribution in [2.45, 2.75) is 13.0 Å². The number of rotatable bonds is 4. The van der Waals surface area contributed by atoms with E-state index in [4.69, 9.17) is 4.74 Å². The Balaban J connectivity index is 2.15. The predicted octanol–water partition coefficient (Wildman–Crippen LogP) is 2.31. The van der Waals surface area contributed by atoms with Crippen molar-refractivity contribution in [3.8, 4) is 0 Å². The Morgan fingerprint density at radius 3 is 2.75 bits per heavy atom. The topological polar surface area (TPSA) is 49.9 Å². The van der Waals surface area contributed by atoms with E-state index in [9.17, 15) is 9.59 Å². The number of cyclic esters (lactones) is 1. The number of hydrogen-bond acceptors (Lipinski definition) is 5. The minimum absolute atomic E-state index is 0.135. The first-order valence-electron chi connectivity index (χ1n) is 6.50. The van der Waals surface area contributed by atoms with Gasteiger partial charge >= 0.3 is 6.09 Å². The van der Waals surface area contributed by atoms with E-state index in [1.54, 1.807) is 12.1 Å². The Morgan fingerprint density at radius 2 is 2.10 bits per heavy atom. The lowest BCUT2D eigenvalue weighted by Crippen LogP contribution is -2.55. The van der Waals surface area contributed by atoms with Crippen LogP contribution < -0.4 is 0 Å². The molecule has 6 heteroatoms.